The lowest BCUT2D eigenvalue weighted by molar-refractivity contribution is -0.253. The zero-order chi connectivity index (χ0) is 17.6. The van der Waals surface area contributed by atoms with E-state index < -0.39 is 12.5 Å². The highest BCUT2D eigenvalue weighted by atomic mass is 19.3. The van der Waals surface area contributed by atoms with Crippen LogP contribution in [0.3, 0.4) is 0 Å². The van der Waals surface area contributed by atoms with Crippen LogP contribution in [0, 0.1) is 5.92 Å². The Morgan fingerprint density at radius 1 is 1.08 bits per heavy atom. The van der Waals surface area contributed by atoms with E-state index in [1.807, 2.05) is 0 Å². The van der Waals surface area contributed by atoms with E-state index in [0.29, 0.717) is 11.5 Å². The second-order valence-corrected chi connectivity index (χ2v) is 6.72. The van der Waals surface area contributed by atoms with Gasteiger partial charge in [0.2, 0.25) is 0 Å². The van der Waals surface area contributed by atoms with Gasteiger partial charge in [-0.15, -0.1) is 0 Å². The summed E-state index contributed by atoms with van der Waals surface area (Å²) in [7, 11) is 0. The van der Waals surface area contributed by atoms with Crippen molar-refractivity contribution in [1.29, 1.82) is 0 Å². The summed E-state index contributed by atoms with van der Waals surface area (Å²) in [6, 6.07) is 6.37. The molecule has 0 unspecified atom stereocenters. The lowest BCUT2D eigenvalue weighted by atomic mass is 9.77. The number of rotatable bonds is 8. The molecular formula is C19H26F4O. The minimum atomic E-state index is -4.45. The van der Waals surface area contributed by atoms with Gasteiger partial charge < -0.3 is 4.74 Å². The Morgan fingerprint density at radius 2 is 1.75 bits per heavy atom. The lowest BCUT2D eigenvalue weighted by Gasteiger charge is -2.30. The fourth-order valence-corrected chi connectivity index (χ4v) is 3.55. The average molecular weight is 346 g/mol. The van der Waals surface area contributed by atoms with Crippen LogP contribution in [0.15, 0.2) is 24.3 Å². The minimum Gasteiger partial charge on any atom is -0.428 e. The van der Waals surface area contributed by atoms with Crippen molar-refractivity contribution in [3.05, 3.63) is 29.8 Å². The quantitative estimate of drug-likeness (QED) is 0.372. The zero-order valence-electron chi connectivity index (χ0n) is 14.1. The van der Waals surface area contributed by atoms with Crippen LogP contribution >= 0.6 is 0 Å². The van der Waals surface area contributed by atoms with E-state index in [2.05, 4.69) is 11.7 Å². The molecule has 1 aliphatic rings. The Labute approximate surface area is 141 Å². The Morgan fingerprint density at radius 3 is 2.38 bits per heavy atom. The molecule has 5 heteroatoms. The summed E-state index contributed by atoms with van der Waals surface area (Å²) in [5, 5.41) is 0. The minimum absolute atomic E-state index is 0.108. The van der Waals surface area contributed by atoms with Crippen LogP contribution in [0.2, 0.25) is 0 Å². The number of unbranched alkanes of at least 4 members (excludes halogenated alkanes) is 2. The summed E-state index contributed by atoms with van der Waals surface area (Å²) in [5.74, 6) is 0.692. The van der Waals surface area contributed by atoms with Crippen LogP contribution < -0.4 is 4.74 Å². The maximum absolute atomic E-state index is 13.2. The lowest BCUT2D eigenvalue weighted by Crippen LogP contribution is -2.34. The van der Waals surface area contributed by atoms with E-state index in [9.17, 15) is 17.6 Å². The van der Waals surface area contributed by atoms with Gasteiger partial charge in [-0.3, -0.25) is 0 Å². The third kappa shape index (κ3) is 5.12. The largest absolute Gasteiger partial charge is 0.461 e. The third-order valence-corrected chi connectivity index (χ3v) is 4.92. The number of alkyl halides is 4. The van der Waals surface area contributed by atoms with Crippen molar-refractivity contribution in [3.8, 4) is 5.75 Å². The van der Waals surface area contributed by atoms with Gasteiger partial charge in [-0.1, -0.05) is 50.8 Å². The summed E-state index contributed by atoms with van der Waals surface area (Å²) in [6.45, 7) is 2.18. The highest BCUT2D eigenvalue weighted by molar-refractivity contribution is 5.36. The van der Waals surface area contributed by atoms with Crippen LogP contribution in [0.5, 0.6) is 5.75 Å². The van der Waals surface area contributed by atoms with E-state index in [0.717, 1.165) is 25.7 Å². The van der Waals surface area contributed by atoms with Gasteiger partial charge >= 0.3 is 12.5 Å². The molecule has 1 fully saturated rings. The smallest absolute Gasteiger partial charge is 0.428 e. The van der Waals surface area contributed by atoms with Gasteiger partial charge in [0.05, 0.1) is 0 Å². The zero-order valence-corrected chi connectivity index (χ0v) is 14.1. The Hall–Kier alpha value is -1.26. The van der Waals surface area contributed by atoms with Crippen molar-refractivity contribution in [2.45, 2.75) is 76.7 Å². The average Bonchev–Trinajstić information content (AvgIpc) is 2.56. The second-order valence-electron chi connectivity index (χ2n) is 6.72. The standard InChI is InChI=1S/C19H26F4O/c1-2-3-4-7-14-10-12-15(13-11-14)16-8-5-6-9-17(16)24-19(22,23)18(20)21/h5-6,8-9,14-15,18H,2-4,7,10-13H2,1H3. The summed E-state index contributed by atoms with van der Waals surface area (Å²) < 4.78 is 55.6. The molecule has 1 aliphatic carbocycles. The van der Waals surface area contributed by atoms with Crippen molar-refractivity contribution < 1.29 is 22.3 Å². The number of halogens is 4. The van der Waals surface area contributed by atoms with Crippen LogP contribution in [-0.4, -0.2) is 12.5 Å². The van der Waals surface area contributed by atoms with E-state index in [-0.39, 0.29) is 11.7 Å². The molecule has 1 nitrogen and oxygen atoms in total. The third-order valence-electron chi connectivity index (χ3n) is 4.92. The molecule has 0 atom stereocenters. The molecule has 2 rings (SSSR count). The van der Waals surface area contributed by atoms with Crippen molar-refractivity contribution >= 4 is 0 Å². The summed E-state index contributed by atoms with van der Waals surface area (Å²) >= 11 is 0. The summed E-state index contributed by atoms with van der Waals surface area (Å²) in [5.41, 5.74) is 0.629. The van der Waals surface area contributed by atoms with E-state index in [1.165, 1.54) is 37.8 Å². The fraction of sp³-hybridized carbons (Fsp3) is 0.684. The summed E-state index contributed by atoms with van der Waals surface area (Å²) in [6.07, 6.45) is 0.566. The molecule has 24 heavy (non-hydrogen) atoms. The molecule has 1 aromatic carbocycles. The normalized spacial score (nSPS) is 21.9. The molecule has 0 bridgehead atoms. The Bertz CT molecular complexity index is 496. The Balaban J connectivity index is 1.98. The van der Waals surface area contributed by atoms with E-state index in [1.54, 1.807) is 12.1 Å². The summed E-state index contributed by atoms with van der Waals surface area (Å²) in [4.78, 5) is 0. The predicted molar refractivity (Wildman–Crippen MR) is 86.9 cm³/mol. The molecular weight excluding hydrogens is 320 g/mol. The van der Waals surface area contributed by atoms with Gasteiger partial charge in [0.25, 0.3) is 0 Å². The molecule has 0 aliphatic heterocycles. The molecule has 0 N–H and O–H groups in total. The van der Waals surface area contributed by atoms with E-state index >= 15 is 0 Å². The fourth-order valence-electron chi connectivity index (χ4n) is 3.55. The first-order valence-corrected chi connectivity index (χ1v) is 8.88. The SMILES string of the molecule is CCCCCC1CCC(c2ccccc2OC(F)(F)C(F)F)CC1. The molecule has 0 saturated heterocycles. The van der Waals surface area contributed by atoms with Gasteiger partial charge in [-0.2, -0.15) is 17.6 Å². The maximum Gasteiger partial charge on any atom is 0.461 e. The van der Waals surface area contributed by atoms with Crippen molar-refractivity contribution in [2.75, 3.05) is 0 Å². The molecule has 0 amide bonds. The highest BCUT2D eigenvalue weighted by Gasteiger charge is 2.44. The second kappa shape index (κ2) is 8.72. The first-order valence-electron chi connectivity index (χ1n) is 8.88. The van der Waals surface area contributed by atoms with Crippen molar-refractivity contribution in [1.82, 2.24) is 0 Å². The number of benzene rings is 1. The monoisotopic (exact) mass is 346 g/mol. The number of hydrogen-bond acceptors (Lipinski definition) is 1. The molecule has 0 heterocycles. The molecule has 1 aromatic rings. The van der Waals surface area contributed by atoms with Crippen LogP contribution in [0.1, 0.15) is 69.8 Å². The van der Waals surface area contributed by atoms with E-state index in [4.69, 9.17) is 0 Å². The topological polar surface area (TPSA) is 9.23 Å². The number of para-hydroxylation sites is 1. The maximum atomic E-state index is 13.2. The van der Waals surface area contributed by atoms with Crippen molar-refractivity contribution in [2.24, 2.45) is 5.92 Å². The Kier molecular flexibility index (Phi) is 6.93. The highest BCUT2D eigenvalue weighted by Crippen LogP contribution is 2.42. The first-order chi connectivity index (χ1) is 11.4. The van der Waals surface area contributed by atoms with Gasteiger partial charge in [0, 0.05) is 0 Å². The van der Waals surface area contributed by atoms with Crippen LogP contribution in [0.25, 0.3) is 0 Å². The van der Waals surface area contributed by atoms with Gasteiger partial charge in [-0.05, 0) is 49.1 Å². The first kappa shape index (κ1) is 19.1. The van der Waals surface area contributed by atoms with Gasteiger partial charge in [-0.25, -0.2) is 0 Å². The molecule has 136 valence electrons. The van der Waals surface area contributed by atoms with Crippen molar-refractivity contribution in [3.63, 3.8) is 0 Å². The predicted octanol–water partition coefficient (Wildman–Crippen LogP) is 6.78. The number of hydrogen-bond donors (Lipinski definition) is 0. The van der Waals surface area contributed by atoms with Crippen LogP contribution in [-0.2, 0) is 0 Å². The van der Waals surface area contributed by atoms with Gasteiger partial charge in [0.15, 0.2) is 0 Å². The molecule has 0 spiro atoms. The number of ether oxygens (including phenoxy) is 1. The van der Waals surface area contributed by atoms with Crippen LogP contribution in [0.4, 0.5) is 17.6 Å². The molecule has 0 radical (unpaired) electrons. The molecule has 1 saturated carbocycles. The van der Waals surface area contributed by atoms with Gasteiger partial charge in [0.1, 0.15) is 5.75 Å². The molecule has 0 aromatic heterocycles.